The molecule has 0 radical (unpaired) electrons. The van der Waals surface area contributed by atoms with Crippen LogP contribution in [0.4, 0.5) is 15.2 Å². The molecule has 186 valence electrons. The van der Waals surface area contributed by atoms with E-state index in [0.717, 1.165) is 29.0 Å². The van der Waals surface area contributed by atoms with Gasteiger partial charge in [0.25, 0.3) is 5.91 Å². The zero-order valence-electron chi connectivity index (χ0n) is 19.5. The molecule has 0 saturated carbocycles. The van der Waals surface area contributed by atoms with Gasteiger partial charge in [0.05, 0.1) is 24.2 Å². The first-order valence-electron chi connectivity index (χ1n) is 11.0. The predicted octanol–water partition coefficient (Wildman–Crippen LogP) is 4.94. The summed E-state index contributed by atoms with van der Waals surface area (Å²) in [5.41, 5.74) is 2.47. The number of hydrogen-bond donors (Lipinski definition) is 2. The lowest BCUT2D eigenvalue weighted by molar-refractivity contribution is -0.113. The number of anilines is 2. The lowest BCUT2D eigenvalue weighted by Crippen LogP contribution is -2.14. The number of thioether (sulfide) groups is 1. The summed E-state index contributed by atoms with van der Waals surface area (Å²) in [7, 11) is 0. The number of nitrogens with zero attached hydrogens (tertiary/aromatic N) is 4. The van der Waals surface area contributed by atoms with Gasteiger partial charge in [0.2, 0.25) is 11.0 Å². The molecular formula is C24H23FN6O3S2. The van der Waals surface area contributed by atoms with Crippen LogP contribution in [0.15, 0.2) is 59.1 Å². The molecule has 0 aliphatic carbocycles. The molecule has 2 aromatic heterocycles. The maximum Gasteiger partial charge on any atom is 0.281 e. The van der Waals surface area contributed by atoms with Gasteiger partial charge in [-0.2, -0.15) is 5.10 Å². The van der Waals surface area contributed by atoms with Crippen molar-refractivity contribution < 1.29 is 18.7 Å². The molecule has 2 amide bonds. The monoisotopic (exact) mass is 526 g/mol. The summed E-state index contributed by atoms with van der Waals surface area (Å²) >= 11 is 2.36. The molecule has 4 rings (SSSR count). The topological polar surface area (TPSA) is 111 Å². The fourth-order valence-corrected chi connectivity index (χ4v) is 4.54. The van der Waals surface area contributed by atoms with E-state index in [2.05, 4.69) is 25.9 Å². The van der Waals surface area contributed by atoms with Crippen molar-refractivity contribution in [2.75, 3.05) is 23.0 Å². The zero-order valence-corrected chi connectivity index (χ0v) is 21.2. The number of hydrogen-bond acceptors (Lipinski definition) is 8. The number of amides is 2. The number of ether oxygens (including phenoxy) is 1. The summed E-state index contributed by atoms with van der Waals surface area (Å²) in [6, 6.07) is 13.2. The van der Waals surface area contributed by atoms with E-state index in [1.54, 1.807) is 18.3 Å². The molecule has 0 bridgehead atoms. The summed E-state index contributed by atoms with van der Waals surface area (Å²) in [6.45, 7) is 4.33. The quantitative estimate of drug-likeness (QED) is 0.222. The van der Waals surface area contributed by atoms with Crippen LogP contribution in [0.3, 0.4) is 0 Å². The van der Waals surface area contributed by atoms with Gasteiger partial charge in [-0.3, -0.25) is 14.9 Å². The van der Waals surface area contributed by atoms with E-state index < -0.39 is 5.91 Å². The van der Waals surface area contributed by atoms with Gasteiger partial charge in [-0.05, 0) is 49.7 Å². The largest absolute Gasteiger partial charge is 0.489 e. The van der Waals surface area contributed by atoms with Crippen molar-refractivity contribution in [2.24, 2.45) is 0 Å². The summed E-state index contributed by atoms with van der Waals surface area (Å²) in [5, 5.41) is 18.1. The van der Waals surface area contributed by atoms with Crippen LogP contribution in [-0.2, 0) is 4.79 Å². The second kappa shape index (κ2) is 11.8. The standard InChI is InChI=1S/C24H23FN6O3S2/c1-3-12-34-19-13-31(18-10-6-16(25)7-11-18)30-21(19)22(33)27-23-28-29-24(36-23)35-14-20(32)26-17-8-4-15(2)5-9-17/h4-11,13H,3,12,14H2,1-2H3,(H,26,32)(H,27,28,33). The van der Waals surface area contributed by atoms with Crippen LogP contribution in [0.1, 0.15) is 29.4 Å². The molecule has 0 saturated heterocycles. The molecule has 2 aromatic carbocycles. The Labute approximate surface area is 215 Å². The minimum absolute atomic E-state index is 0.0645. The number of aryl methyl sites for hydroxylation is 1. The predicted molar refractivity (Wildman–Crippen MR) is 138 cm³/mol. The van der Waals surface area contributed by atoms with Gasteiger partial charge in [0.15, 0.2) is 15.8 Å². The Hall–Kier alpha value is -3.77. The summed E-state index contributed by atoms with van der Waals surface area (Å²) in [5.74, 6) is -0.622. The zero-order chi connectivity index (χ0) is 25.5. The number of carbonyl (C=O) groups is 2. The molecule has 0 aliphatic heterocycles. The molecule has 9 nitrogen and oxygen atoms in total. The van der Waals surface area contributed by atoms with Gasteiger partial charge in [-0.15, -0.1) is 10.2 Å². The van der Waals surface area contributed by atoms with E-state index in [-0.39, 0.29) is 28.3 Å². The highest BCUT2D eigenvalue weighted by molar-refractivity contribution is 8.01. The van der Waals surface area contributed by atoms with Gasteiger partial charge < -0.3 is 10.1 Å². The molecule has 2 heterocycles. The van der Waals surface area contributed by atoms with Crippen LogP contribution in [0.2, 0.25) is 0 Å². The maximum atomic E-state index is 13.3. The minimum atomic E-state index is -0.522. The molecule has 0 fully saturated rings. The number of nitrogens with one attached hydrogen (secondary N) is 2. The number of carbonyl (C=O) groups excluding carboxylic acids is 2. The molecule has 12 heteroatoms. The van der Waals surface area contributed by atoms with Crippen molar-refractivity contribution in [2.45, 2.75) is 24.6 Å². The Balaban J connectivity index is 1.39. The highest BCUT2D eigenvalue weighted by atomic mass is 32.2. The highest BCUT2D eigenvalue weighted by Crippen LogP contribution is 2.27. The molecule has 0 aliphatic rings. The average molecular weight is 527 g/mol. The van der Waals surface area contributed by atoms with Gasteiger partial charge in [0.1, 0.15) is 5.82 Å². The average Bonchev–Trinajstić information content (AvgIpc) is 3.50. The number of halogens is 1. The maximum absolute atomic E-state index is 13.3. The Morgan fingerprint density at radius 3 is 2.56 bits per heavy atom. The lowest BCUT2D eigenvalue weighted by Gasteiger charge is -2.04. The molecule has 36 heavy (non-hydrogen) atoms. The Morgan fingerprint density at radius 1 is 1.08 bits per heavy atom. The van der Waals surface area contributed by atoms with E-state index in [1.807, 2.05) is 38.1 Å². The van der Waals surface area contributed by atoms with Crippen molar-refractivity contribution in [1.29, 1.82) is 0 Å². The molecule has 2 N–H and O–H groups in total. The molecule has 0 unspecified atom stereocenters. The molecule has 0 atom stereocenters. The van der Waals surface area contributed by atoms with Crippen LogP contribution in [0.5, 0.6) is 5.75 Å². The number of rotatable bonds is 10. The van der Waals surface area contributed by atoms with E-state index in [9.17, 15) is 14.0 Å². The van der Waals surface area contributed by atoms with Crippen molar-refractivity contribution in [1.82, 2.24) is 20.0 Å². The Morgan fingerprint density at radius 2 is 1.83 bits per heavy atom. The van der Waals surface area contributed by atoms with Crippen molar-refractivity contribution in [3.8, 4) is 11.4 Å². The van der Waals surface area contributed by atoms with Crippen molar-refractivity contribution in [3.63, 3.8) is 0 Å². The highest BCUT2D eigenvalue weighted by Gasteiger charge is 2.21. The second-order valence-electron chi connectivity index (χ2n) is 7.64. The molecule has 0 spiro atoms. The third-order valence-electron chi connectivity index (χ3n) is 4.74. The van der Waals surface area contributed by atoms with Gasteiger partial charge >= 0.3 is 0 Å². The Bertz CT molecular complexity index is 1340. The normalized spacial score (nSPS) is 10.8. The van der Waals surface area contributed by atoms with Crippen LogP contribution in [-0.4, -0.2) is 44.2 Å². The third-order valence-corrected chi connectivity index (χ3v) is 6.71. The van der Waals surface area contributed by atoms with Crippen molar-refractivity contribution >= 4 is 45.7 Å². The van der Waals surface area contributed by atoms with E-state index >= 15 is 0 Å². The lowest BCUT2D eigenvalue weighted by atomic mass is 10.2. The summed E-state index contributed by atoms with van der Waals surface area (Å²) in [4.78, 5) is 25.2. The fraction of sp³-hybridized carbons (Fsp3) is 0.208. The van der Waals surface area contributed by atoms with E-state index in [4.69, 9.17) is 4.74 Å². The minimum Gasteiger partial charge on any atom is -0.489 e. The summed E-state index contributed by atoms with van der Waals surface area (Å²) in [6.07, 6.45) is 2.32. The van der Waals surface area contributed by atoms with Crippen LogP contribution in [0, 0.1) is 12.7 Å². The van der Waals surface area contributed by atoms with Gasteiger partial charge in [-0.1, -0.05) is 47.7 Å². The number of benzene rings is 2. The first-order chi connectivity index (χ1) is 17.4. The van der Waals surface area contributed by atoms with Crippen LogP contribution < -0.4 is 15.4 Å². The smallest absolute Gasteiger partial charge is 0.281 e. The Kier molecular flexibility index (Phi) is 8.28. The SMILES string of the molecule is CCCOc1cn(-c2ccc(F)cc2)nc1C(=O)Nc1nnc(SCC(=O)Nc2ccc(C)cc2)s1. The van der Waals surface area contributed by atoms with Gasteiger partial charge in [0, 0.05) is 5.69 Å². The second-order valence-corrected chi connectivity index (χ2v) is 9.84. The summed E-state index contributed by atoms with van der Waals surface area (Å²) < 4.78 is 21.0. The van der Waals surface area contributed by atoms with E-state index in [1.165, 1.54) is 28.6 Å². The first kappa shape index (κ1) is 25.3. The van der Waals surface area contributed by atoms with Gasteiger partial charge in [-0.25, -0.2) is 9.07 Å². The first-order valence-corrected chi connectivity index (χ1v) is 12.8. The van der Waals surface area contributed by atoms with E-state index in [0.29, 0.717) is 22.4 Å². The van der Waals surface area contributed by atoms with Crippen molar-refractivity contribution in [3.05, 3.63) is 71.8 Å². The molecular weight excluding hydrogens is 503 g/mol. The van der Waals surface area contributed by atoms with Crippen LogP contribution >= 0.6 is 23.1 Å². The number of aromatic nitrogens is 4. The third kappa shape index (κ3) is 6.67. The van der Waals surface area contributed by atoms with Crippen LogP contribution in [0.25, 0.3) is 5.69 Å². The fourth-order valence-electron chi connectivity index (χ4n) is 3.00. The molecule has 4 aromatic rings.